The van der Waals surface area contributed by atoms with Crippen LogP contribution in [0.1, 0.15) is 43.0 Å². The first-order valence-electron chi connectivity index (χ1n) is 12.9. The molecular formula is C28H31ClN8O. The largest absolute Gasteiger partial charge is 0.377 e. The van der Waals surface area contributed by atoms with E-state index in [4.69, 9.17) is 16.7 Å². The zero-order valence-corrected chi connectivity index (χ0v) is 22.8. The summed E-state index contributed by atoms with van der Waals surface area (Å²) in [5.74, 6) is 0. The number of aryl methyl sites for hydroxylation is 3. The summed E-state index contributed by atoms with van der Waals surface area (Å²) < 4.78 is 5.56. The van der Waals surface area contributed by atoms with Crippen molar-refractivity contribution in [2.24, 2.45) is 14.1 Å². The van der Waals surface area contributed by atoms with Crippen LogP contribution in [-0.2, 0) is 14.1 Å². The lowest BCUT2D eigenvalue weighted by atomic mass is 9.95. The van der Waals surface area contributed by atoms with E-state index >= 15 is 0 Å². The summed E-state index contributed by atoms with van der Waals surface area (Å²) >= 11 is 6.27. The minimum atomic E-state index is -0.131. The zero-order chi connectivity index (χ0) is 26.6. The maximum atomic E-state index is 13.7. The highest BCUT2D eigenvalue weighted by molar-refractivity contribution is 6.29. The summed E-state index contributed by atoms with van der Waals surface area (Å²) in [6.45, 7) is 6.04. The summed E-state index contributed by atoms with van der Waals surface area (Å²) in [6, 6.07) is 8.00. The highest BCUT2D eigenvalue weighted by Crippen LogP contribution is 2.36. The van der Waals surface area contributed by atoms with Crippen LogP contribution in [0.5, 0.6) is 0 Å². The number of nitrogens with one attached hydrogen (secondary N) is 2. The molecule has 1 fully saturated rings. The number of nitrogens with zero attached hydrogens (tertiary/aromatic N) is 6. The number of pyridine rings is 2. The SMILES string of the molecule is Cc1cc(C(C)Nc2ccc(Cl)nc2-c2cnn(C)c2)c2c(c1)c(=O)n(C)c1c2cnn1C1CCNCC1. The molecule has 1 saturated heterocycles. The minimum Gasteiger partial charge on any atom is -0.377 e. The molecule has 0 radical (unpaired) electrons. The van der Waals surface area contributed by atoms with E-state index in [0.717, 1.165) is 70.4 Å². The lowest BCUT2D eigenvalue weighted by molar-refractivity contribution is 0.348. The average molecular weight is 531 g/mol. The van der Waals surface area contributed by atoms with Gasteiger partial charge in [-0.3, -0.25) is 14.0 Å². The van der Waals surface area contributed by atoms with Gasteiger partial charge in [0.05, 0.1) is 29.8 Å². The second kappa shape index (κ2) is 9.56. The van der Waals surface area contributed by atoms with Crippen LogP contribution in [0.3, 0.4) is 0 Å². The Hall–Kier alpha value is -3.69. The van der Waals surface area contributed by atoms with Gasteiger partial charge in [-0.15, -0.1) is 0 Å². The number of piperidine rings is 1. The van der Waals surface area contributed by atoms with Gasteiger partial charge >= 0.3 is 0 Å². The van der Waals surface area contributed by atoms with E-state index in [-0.39, 0.29) is 17.6 Å². The molecule has 196 valence electrons. The van der Waals surface area contributed by atoms with Gasteiger partial charge in [-0.25, -0.2) is 9.67 Å². The Kier molecular flexibility index (Phi) is 6.20. The van der Waals surface area contributed by atoms with Crippen LogP contribution in [0.2, 0.25) is 5.15 Å². The average Bonchev–Trinajstić information content (AvgIpc) is 3.55. The van der Waals surface area contributed by atoms with Crippen molar-refractivity contribution in [1.82, 2.24) is 34.4 Å². The summed E-state index contributed by atoms with van der Waals surface area (Å²) in [4.78, 5) is 18.3. The quantitative estimate of drug-likeness (QED) is 0.319. The van der Waals surface area contributed by atoms with Crippen LogP contribution in [0, 0.1) is 6.92 Å². The van der Waals surface area contributed by atoms with Gasteiger partial charge in [0.25, 0.3) is 5.56 Å². The summed E-state index contributed by atoms with van der Waals surface area (Å²) in [7, 11) is 3.73. The van der Waals surface area contributed by atoms with Crippen LogP contribution in [0.4, 0.5) is 5.69 Å². The number of aromatic nitrogens is 6. The molecule has 6 rings (SSSR count). The zero-order valence-electron chi connectivity index (χ0n) is 22.0. The molecule has 1 aliphatic rings. The van der Waals surface area contributed by atoms with E-state index in [0.29, 0.717) is 10.5 Å². The van der Waals surface area contributed by atoms with Crippen molar-refractivity contribution in [2.45, 2.75) is 38.8 Å². The van der Waals surface area contributed by atoms with Crippen molar-refractivity contribution in [3.63, 3.8) is 0 Å². The van der Waals surface area contributed by atoms with E-state index in [1.165, 1.54) is 0 Å². The molecule has 1 atom stereocenters. The highest BCUT2D eigenvalue weighted by Gasteiger charge is 2.24. The van der Waals surface area contributed by atoms with Crippen LogP contribution in [0.25, 0.3) is 33.1 Å². The fourth-order valence-electron chi connectivity index (χ4n) is 5.71. The second-order valence-corrected chi connectivity index (χ2v) is 10.6. The third-order valence-corrected chi connectivity index (χ3v) is 7.75. The third-order valence-electron chi connectivity index (χ3n) is 7.54. The molecule has 0 aliphatic carbocycles. The van der Waals surface area contributed by atoms with E-state index in [9.17, 15) is 4.79 Å². The Labute approximate surface area is 225 Å². The first-order valence-corrected chi connectivity index (χ1v) is 13.3. The van der Waals surface area contributed by atoms with Gasteiger partial charge in [-0.05, 0) is 69.1 Å². The number of hydrogen-bond acceptors (Lipinski definition) is 6. The summed E-state index contributed by atoms with van der Waals surface area (Å²) in [5, 5.41) is 19.2. The van der Waals surface area contributed by atoms with E-state index in [1.54, 1.807) is 21.5 Å². The number of rotatable bonds is 5. The fourth-order valence-corrected chi connectivity index (χ4v) is 5.86. The Balaban J connectivity index is 1.51. The second-order valence-electron chi connectivity index (χ2n) is 10.2. The molecule has 10 heteroatoms. The van der Waals surface area contributed by atoms with Gasteiger partial charge in [0, 0.05) is 48.1 Å². The van der Waals surface area contributed by atoms with E-state index < -0.39 is 0 Å². The number of benzene rings is 1. The topological polar surface area (TPSA) is 94.6 Å². The maximum Gasteiger partial charge on any atom is 0.259 e. The maximum absolute atomic E-state index is 13.7. The molecule has 0 saturated carbocycles. The van der Waals surface area contributed by atoms with Crippen molar-refractivity contribution >= 4 is 39.1 Å². The normalized spacial score (nSPS) is 15.4. The predicted octanol–water partition coefficient (Wildman–Crippen LogP) is 4.74. The fraction of sp³-hybridized carbons (Fsp3) is 0.357. The van der Waals surface area contributed by atoms with Crippen LogP contribution in [0.15, 0.2) is 47.7 Å². The predicted molar refractivity (Wildman–Crippen MR) is 152 cm³/mol. The molecular weight excluding hydrogens is 500 g/mol. The lowest BCUT2D eigenvalue weighted by Crippen LogP contribution is -2.31. The molecule has 5 aromatic rings. The lowest BCUT2D eigenvalue weighted by Gasteiger charge is -2.24. The highest BCUT2D eigenvalue weighted by atomic mass is 35.5. The minimum absolute atomic E-state index is 0.00968. The van der Waals surface area contributed by atoms with E-state index in [1.807, 2.05) is 45.5 Å². The number of fused-ring (bicyclic) bond motifs is 3. The van der Waals surface area contributed by atoms with Gasteiger partial charge in [-0.2, -0.15) is 10.2 Å². The summed E-state index contributed by atoms with van der Waals surface area (Å²) in [6.07, 6.45) is 7.60. The van der Waals surface area contributed by atoms with Crippen LogP contribution in [-0.4, -0.2) is 42.2 Å². The first-order chi connectivity index (χ1) is 18.3. The summed E-state index contributed by atoms with van der Waals surface area (Å²) in [5.41, 5.74) is 5.38. The Morgan fingerprint density at radius 2 is 1.89 bits per heavy atom. The smallest absolute Gasteiger partial charge is 0.259 e. The molecule has 38 heavy (non-hydrogen) atoms. The van der Waals surface area contributed by atoms with Crippen molar-refractivity contribution in [1.29, 1.82) is 0 Å². The Morgan fingerprint density at radius 3 is 2.63 bits per heavy atom. The van der Waals surface area contributed by atoms with Crippen LogP contribution < -0.4 is 16.2 Å². The van der Waals surface area contributed by atoms with Crippen LogP contribution >= 0.6 is 11.6 Å². The Bertz CT molecular complexity index is 1730. The molecule has 9 nitrogen and oxygen atoms in total. The van der Waals surface area contributed by atoms with Crippen molar-refractivity contribution in [3.05, 3.63) is 69.5 Å². The van der Waals surface area contributed by atoms with Crippen molar-refractivity contribution < 1.29 is 0 Å². The third kappa shape index (κ3) is 4.16. The van der Waals surface area contributed by atoms with Gasteiger partial charge in [-0.1, -0.05) is 17.7 Å². The molecule has 1 unspecified atom stereocenters. The molecule has 0 bridgehead atoms. The Morgan fingerprint density at radius 1 is 1.11 bits per heavy atom. The van der Waals surface area contributed by atoms with Crippen molar-refractivity contribution in [2.75, 3.05) is 18.4 Å². The first kappa shape index (κ1) is 24.6. The van der Waals surface area contributed by atoms with Gasteiger partial charge in [0.1, 0.15) is 10.8 Å². The standard InChI is InChI=1S/C28H31ClN8O/c1-16-11-20(17(2)33-23-5-6-24(29)34-26(23)18-13-31-35(3)15-18)25-21(12-16)28(38)36(4)27-22(25)14-32-37(27)19-7-9-30-10-8-19/h5-6,11-15,17,19,30,33H,7-10H2,1-4H3. The monoisotopic (exact) mass is 530 g/mol. The molecule has 2 N–H and O–H groups in total. The van der Waals surface area contributed by atoms with Gasteiger partial charge in [0.15, 0.2) is 0 Å². The van der Waals surface area contributed by atoms with Gasteiger partial charge < -0.3 is 10.6 Å². The number of hydrogen-bond donors (Lipinski definition) is 2. The molecule has 1 aliphatic heterocycles. The molecule has 0 spiro atoms. The molecule has 4 aromatic heterocycles. The number of anilines is 1. The molecule has 0 amide bonds. The van der Waals surface area contributed by atoms with Gasteiger partial charge in [0.2, 0.25) is 0 Å². The number of halogens is 1. The van der Waals surface area contributed by atoms with Crippen molar-refractivity contribution in [3.8, 4) is 11.3 Å². The molecule has 5 heterocycles. The molecule has 1 aromatic carbocycles. The van der Waals surface area contributed by atoms with E-state index in [2.05, 4.69) is 38.4 Å².